The molecule has 0 heterocycles. The number of benzene rings is 1. The summed E-state index contributed by atoms with van der Waals surface area (Å²) in [6.07, 6.45) is 0. The molecule has 0 spiro atoms. The van der Waals surface area contributed by atoms with Gasteiger partial charge >= 0.3 is 0 Å². The summed E-state index contributed by atoms with van der Waals surface area (Å²) in [5, 5.41) is 18.3. The lowest BCUT2D eigenvalue weighted by Gasteiger charge is -2.22. The van der Waals surface area contributed by atoms with Crippen LogP contribution in [0.3, 0.4) is 0 Å². The van der Waals surface area contributed by atoms with Gasteiger partial charge in [-0.2, -0.15) is 5.26 Å². The molecule has 0 bridgehead atoms. The second-order valence-corrected chi connectivity index (χ2v) is 4.04. The highest BCUT2D eigenvalue weighted by Crippen LogP contribution is 2.20. The fraction of sp³-hybridized carbons (Fsp3) is 0.385. The Kier molecular flexibility index (Phi) is 4.67. The predicted octanol–water partition coefficient (Wildman–Crippen LogP) is 2.15. The van der Waals surface area contributed by atoms with E-state index in [0.29, 0.717) is 6.54 Å². The first-order chi connectivity index (χ1) is 8.49. The van der Waals surface area contributed by atoms with Crippen molar-refractivity contribution in [3.8, 4) is 11.8 Å². The van der Waals surface area contributed by atoms with Gasteiger partial charge in [-0.15, -0.1) is 0 Å². The van der Waals surface area contributed by atoms with Gasteiger partial charge in [0.1, 0.15) is 11.6 Å². The molecule has 0 saturated carbocycles. The van der Waals surface area contributed by atoms with Crippen LogP contribution >= 0.6 is 0 Å². The molecule has 0 aliphatic heterocycles. The molecule has 96 valence electrons. The molecule has 0 aliphatic rings. The molecule has 1 unspecified atom stereocenters. The molecule has 0 saturated heterocycles. The summed E-state index contributed by atoms with van der Waals surface area (Å²) in [5.41, 5.74) is 0.0448. The second-order valence-electron chi connectivity index (χ2n) is 4.04. The number of amides is 1. The van der Waals surface area contributed by atoms with Gasteiger partial charge in [0, 0.05) is 19.2 Å². The van der Waals surface area contributed by atoms with E-state index in [9.17, 15) is 14.3 Å². The number of hydrogen-bond donors (Lipinski definition) is 1. The SMILES string of the molecule is CCN(CC(C)C#N)C(=O)c1ccc(F)cc1O. The fourth-order valence-corrected chi connectivity index (χ4v) is 1.58. The van der Waals surface area contributed by atoms with Crippen molar-refractivity contribution < 1.29 is 14.3 Å². The van der Waals surface area contributed by atoms with Crippen molar-refractivity contribution in [1.29, 1.82) is 5.26 Å². The number of phenols is 1. The summed E-state index contributed by atoms with van der Waals surface area (Å²) in [5.74, 6) is -1.69. The van der Waals surface area contributed by atoms with Crippen LogP contribution in [0.4, 0.5) is 4.39 Å². The molecule has 1 N–H and O–H groups in total. The van der Waals surface area contributed by atoms with Gasteiger partial charge in [-0.25, -0.2) is 4.39 Å². The Labute approximate surface area is 105 Å². The molecule has 1 atom stereocenters. The van der Waals surface area contributed by atoms with Crippen LogP contribution in [-0.4, -0.2) is 29.0 Å². The van der Waals surface area contributed by atoms with E-state index in [4.69, 9.17) is 5.26 Å². The minimum Gasteiger partial charge on any atom is -0.507 e. The number of rotatable bonds is 4. The Morgan fingerprint density at radius 2 is 2.28 bits per heavy atom. The Morgan fingerprint density at radius 3 is 2.78 bits per heavy atom. The molecular weight excluding hydrogens is 235 g/mol. The maximum absolute atomic E-state index is 12.8. The largest absolute Gasteiger partial charge is 0.507 e. The Hall–Kier alpha value is -2.09. The number of hydrogen-bond acceptors (Lipinski definition) is 3. The highest BCUT2D eigenvalue weighted by molar-refractivity contribution is 5.96. The highest BCUT2D eigenvalue weighted by atomic mass is 19.1. The minimum atomic E-state index is -0.600. The zero-order valence-corrected chi connectivity index (χ0v) is 10.4. The first-order valence-corrected chi connectivity index (χ1v) is 5.67. The van der Waals surface area contributed by atoms with Gasteiger partial charge in [-0.1, -0.05) is 0 Å². The molecule has 5 heteroatoms. The molecule has 1 aromatic rings. The van der Waals surface area contributed by atoms with E-state index in [1.807, 2.05) is 6.07 Å². The average molecular weight is 250 g/mol. The number of nitrogens with zero attached hydrogens (tertiary/aromatic N) is 2. The summed E-state index contributed by atoms with van der Waals surface area (Å²) in [6.45, 7) is 4.19. The van der Waals surface area contributed by atoms with Crippen molar-refractivity contribution in [2.24, 2.45) is 5.92 Å². The number of halogens is 1. The van der Waals surface area contributed by atoms with Crippen LogP contribution < -0.4 is 0 Å². The highest BCUT2D eigenvalue weighted by Gasteiger charge is 2.19. The van der Waals surface area contributed by atoms with Crippen LogP contribution in [0.1, 0.15) is 24.2 Å². The topological polar surface area (TPSA) is 64.3 Å². The van der Waals surface area contributed by atoms with E-state index >= 15 is 0 Å². The number of carbonyl (C=O) groups excluding carboxylic acids is 1. The normalized spacial score (nSPS) is 11.7. The van der Waals surface area contributed by atoms with Gasteiger partial charge in [-0.05, 0) is 26.0 Å². The minimum absolute atomic E-state index is 0.0448. The lowest BCUT2D eigenvalue weighted by Crippen LogP contribution is -2.34. The quantitative estimate of drug-likeness (QED) is 0.890. The molecule has 0 aliphatic carbocycles. The van der Waals surface area contributed by atoms with Crippen molar-refractivity contribution in [3.63, 3.8) is 0 Å². The summed E-state index contributed by atoms with van der Waals surface area (Å²) in [6, 6.07) is 5.30. The molecule has 1 aromatic carbocycles. The van der Waals surface area contributed by atoms with Gasteiger partial charge in [0.2, 0.25) is 0 Å². The van der Waals surface area contributed by atoms with Crippen LogP contribution in [0.5, 0.6) is 5.75 Å². The monoisotopic (exact) mass is 250 g/mol. The Bertz CT molecular complexity index is 482. The van der Waals surface area contributed by atoms with E-state index in [1.165, 1.54) is 11.0 Å². The van der Waals surface area contributed by atoms with Gasteiger partial charge in [0.25, 0.3) is 5.91 Å². The van der Waals surface area contributed by atoms with E-state index in [2.05, 4.69) is 0 Å². The number of phenolic OH excluding ortho intramolecular Hbond substituents is 1. The molecular formula is C13H15FN2O2. The first-order valence-electron chi connectivity index (χ1n) is 5.67. The number of carbonyl (C=O) groups is 1. The maximum atomic E-state index is 12.8. The van der Waals surface area contributed by atoms with Crippen LogP contribution in [0.2, 0.25) is 0 Å². The van der Waals surface area contributed by atoms with E-state index in [-0.39, 0.29) is 23.8 Å². The van der Waals surface area contributed by atoms with Crippen molar-refractivity contribution in [3.05, 3.63) is 29.6 Å². The molecule has 1 amide bonds. The Balaban J connectivity index is 2.94. The van der Waals surface area contributed by atoms with Crippen LogP contribution in [0, 0.1) is 23.1 Å². The van der Waals surface area contributed by atoms with Crippen molar-refractivity contribution >= 4 is 5.91 Å². The molecule has 0 fully saturated rings. The summed E-state index contributed by atoms with van der Waals surface area (Å²) >= 11 is 0. The van der Waals surface area contributed by atoms with E-state index < -0.39 is 11.7 Å². The van der Waals surface area contributed by atoms with Gasteiger partial charge < -0.3 is 10.0 Å². The first kappa shape index (κ1) is 14.0. The second kappa shape index (κ2) is 6.01. The van der Waals surface area contributed by atoms with E-state index in [1.54, 1.807) is 13.8 Å². The van der Waals surface area contributed by atoms with E-state index in [0.717, 1.165) is 12.1 Å². The van der Waals surface area contributed by atoms with Crippen molar-refractivity contribution in [2.45, 2.75) is 13.8 Å². The smallest absolute Gasteiger partial charge is 0.257 e. The molecule has 18 heavy (non-hydrogen) atoms. The number of aromatic hydroxyl groups is 1. The lowest BCUT2D eigenvalue weighted by atomic mass is 10.1. The summed E-state index contributed by atoms with van der Waals surface area (Å²) in [4.78, 5) is 13.5. The van der Waals surface area contributed by atoms with Gasteiger partial charge in [0.15, 0.2) is 0 Å². The molecule has 0 aromatic heterocycles. The zero-order chi connectivity index (χ0) is 13.7. The maximum Gasteiger partial charge on any atom is 0.257 e. The zero-order valence-electron chi connectivity index (χ0n) is 10.4. The van der Waals surface area contributed by atoms with Crippen LogP contribution in [0.15, 0.2) is 18.2 Å². The predicted molar refractivity (Wildman–Crippen MR) is 64.4 cm³/mol. The Morgan fingerprint density at radius 1 is 1.61 bits per heavy atom. The van der Waals surface area contributed by atoms with Crippen molar-refractivity contribution in [1.82, 2.24) is 4.90 Å². The van der Waals surface area contributed by atoms with Crippen LogP contribution in [0.25, 0.3) is 0 Å². The molecule has 4 nitrogen and oxygen atoms in total. The third-order valence-corrected chi connectivity index (χ3v) is 2.57. The molecule has 0 radical (unpaired) electrons. The van der Waals surface area contributed by atoms with Gasteiger partial charge in [-0.3, -0.25) is 4.79 Å². The van der Waals surface area contributed by atoms with Crippen LogP contribution in [-0.2, 0) is 0 Å². The van der Waals surface area contributed by atoms with Crippen molar-refractivity contribution in [2.75, 3.05) is 13.1 Å². The molecule has 1 rings (SSSR count). The van der Waals surface area contributed by atoms with Gasteiger partial charge in [0.05, 0.1) is 17.6 Å². The number of nitriles is 1. The lowest BCUT2D eigenvalue weighted by molar-refractivity contribution is 0.0749. The average Bonchev–Trinajstić information content (AvgIpc) is 2.34. The summed E-state index contributed by atoms with van der Waals surface area (Å²) in [7, 11) is 0. The standard InChI is InChI=1S/C13H15FN2O2/c1-3-16(8-9(2)7-15)13(18)11-5-4-10(14)6-12(11)17/h4-6,9,17H,3,8H2,1-2H3. The third-order valence-electron chi connectivity index (χ3n) is 2.57. The fourth-order valence-electron chi connectivity index (χ4n) is 1.58. The summed E-state index contributed by atoms with van der Waals surface area (Å²) < 4.78 is 12.8. The third kappa shape index (κ3) is 3.20.